The summed E-state index contributed by atoms with van der Waals surface area (Å²) >= 11 is 3.46. The van der Waals surface area contributed by atoms with Gasteiger partial charge in [-0.15, -0.1) is 0 Å². The van der Waals surface area contributed by atoms with Crippen molar-refractivity contribution in [1.82, 2.24) is 9.97 Å². The molecule has 0 aliphatic carbocycles. The molecule has 4 heteroatoms. The summed E-state index contributed by atoms with van der Waals surface area (Å²) in [7, 11) is 0. The number of imidazole rings is 1. The summed E-state index contributed by atoms with van der Waals surface area (Å²) in [6, 6.07) is 13.5. The predicted molar refractivity (Wildman–Crippen MR) is 79.0 cm³/mol. The number of hydrogen-bond donors (Lipinski definition) is 2. The maximum atomic E-state index is 10.3. The van der Waals surface area contributed by atoms with Gasteiger partial charge in [0, 0.05) is 4.47 Å². The van der Waals surface area contributed by atoms with Crippen molar-refractivity contribution in [2.24, 2.45) is 0 Å². The number of nitrogens with one attached hydrogen (secondary N) is 1. The first-order valence-electron chi connectivity index (χ1n) is 6.04. The number of aryl methyl sites for hydroxylation is 1. The third-order valence-electron chi connectivity index (χ3n) is 3.13. The summed E-state index contributed by atoms with van der Waals surface area (Å²) in [6.07, 6.45) is -0.730. The van der Waals surface area contributed by atoms with Crippen LogP contribution in [0.4, 0.5) is 0 Å². The molecule has 3 aromatic rings. The van der Waals surface area contributed by atoms with E-state index in [2.05, 4.69) is 25.9 Å². The zero-order chi connectivity index (χ0) is 13.4. The molecule has 96 valence electrons. The number of aromatic nitrogens is 2. The van der Waals surface area contributed by atoms with Gasteiger partial charge in [0.2, 0.25) is 0 Å². The Morgan fingerprint density at radius 3 is 2.68 bits per heavy atom. The highest BCUT2D eigenvalue weighted by molar-refractivity contribution is 9.10. The average molecular weight is 317 g/mol. The van der Waals surface area contributed by atoms with Gasteiger partial charge in [0.1, 0.15) is 11.9 Å². The number of aliphatic hydroxyl groups is 1. The van der Waals surface area contributed by atoms with Crippen LogP contribution in [0.2, 0.25) is 0 Å². The van der Waals surface area contributed by atoms with Gasteiger partial charge in [-0.05, 0) is 30.2 Å². The highest BCUT2D eigenvalue weighted by Crippen LogP contribution is 2.26. The van der Waals surface area contributed by atoms with Crippen molar-refractivity contribution in [3.8, 4) is 0 Å². The van der Waals surface area contributed by atoms with E-state index in [1.54, 1.807) is 0 Å². The molecule has 0 saturated carbocycles. The van der Waals surface area contributed by atoms with Crippen LogP contribution < -0.4 is 0 Å². The van der Waals surface area contributed by atoms with Crippen molar-refractivity contribution in [3.63, 3.8) is 0 Å². The van der Waals surface area contributed by atoms with Gasteiger partial charge < -0.3 is 10.1 Å². The lowest BCUT2D eigenvalue weighted by Gasteiger charge is -2.06. The van der Waals surface area contributed by atoms with E-state index in [0.29, 0.717) is 5.82 Å². The van der Waals surface area contributed by atoms with Crippen molar-refractivity contribution < 1.29 is 5.11 Å². The van der Waals surface area contributed by atoms with Crippen LogP contribution in [-0.4, -0.2) is 15.1 Å². The van der Waals surface area contributed by atoms with Gasteiger partial charge in [-0.2, -0.15) is 0 Å². The van der Waals surface area contributed by atoms with E-state index in [0.717, 1.165) is 26.6 Å². The van der Waals surface area contributed by atoms with Crippen LogP contribution in [0.1, 0.15) is 23.1 Å². The molecule has 1 heterocycles. The number of aromatic amines is 1. The summed E-state index contributed by atoms with van der Waals surface area (Å²) in [5.74, 6) is 0.572. The lowest BCUT2D eigenvalue weighted by atomic mass is 10.1. The predicted octanol–water partition coefficient (Wildman–Crippen LogP) is 3.72. The van der Waals surface area contributed by atoms with Gasteiger partial charge in [-0.1, -0.05) is 46.3 Å². The van der Waals surface area contributed by atoms with Crippen molar-refractivity contribution in [2.45, 2.75) is 13.0 Å². The number of benzene rings is 2. The third-order valence-corrected chi connectivity index (χ3v) is 3.59. The Bertz CT molecular complexity index is 722. The zero-order valence-corrected chi connectivity index (χ0v) is 12.0. The summed E-state index contributed by atoms with van der Waals surface area (Å²) in [6.45, 7) is 2.01. The van der Waals surface area contributed by atoms with E-state index >= 15 is 0 Å². The summed E-state index contributed by atoms with van der Waals surface area (Å²) in [5, 5.41) is 10.3. The maximum absolute atomic E-state index is 10.3. The second-order valence-electron chi connectivity index (χ2n) is 4.55. The summed E-state index contributed by atoms with van der Waals surface area (Å²) < 4.78 is 1.00. The number of hydrogen-bond acceptors (Lipinski definition) is 2. The van der Waals surface area contributed by atoms with Crippen LogP contribution in [-0.2, 0) is 0 Å². The van der Waals surface area contributed by atoms with E-state index in [1.807, 2.05) is 49.4 Å². The molecule has 2 aromatic carbocycles. The Hall–Kier alpha value is -1.65. The molecule has 19 heavy (non-hydrogen) atoms. The third kappa shape index (κ3) is 2.29. The molecule has 1 aromatic heterocycles. The van der Waals surface area contributed by atoms with Gasteiger partial charge in [-0.25, -0.2) is 4.98 Å². The molecule has 3 nitrogen and oxygen atoms in total. The van der Waals surface area contributed by atoms with Crippen molar-refractivity contribution in [3.05, 3.63) is 63.9 Å². The Morgan fingerprint density at radius 2 is 1.95 bits per heavy atom. The lowest BCUT2D eigenvalue weighted by Crippen LogP contribution is -2.01. The standard InChI is InChI=1S/C15H13BrN2O/c1-9-7-11(16)8-12-13(9)18-15(17-12)14(19)10-5-3-2-4-6-10/h2-8,14,19H,1H3,(H,17,18). The average Bonchev–Trinajstić information content (AvgIpc) is 2.83. The van der Waals surface area contributed by atoms with Gasteiger partial charge in [0.15, 0.2) is 0 Å². The van der Waals surface area contributed by atoms with E-state index in [1.165, 1.54) is 0 Å². The fraction of sp³-hybridized carbons (Fsp3) is 0.133. The molecule has 0 radical (unpaired) electrons. The van der Waals surface area contributed by atoms with Crippen LogP contribution in [0, 0.1) is 6.92 Å². The number of fused-ring (bicyclic) bond motifs is 1. The zero-order valence-electron chi connectivity index (χ0n) is 10.4. The fourth-order valence-electron chi connectivity index (χ4n) is 2.19. The Balaban J connectivity index is 2.09. The van der Waals surface area contributed by atoms with E-state index < -0.39 is 6.10 Å². The molecular formula is C15H13BrN2O. The van der Waals surface area contributed by atoms with Crippen molar-refractivity contribution >= 4 is 27.0 Å². The second-order valence-corrected chi connectivity index (χ2v) is 5.47. The van der Waals surface area contributed by atoms with Crippen LogP contribution in [0.3, 0.4) is 0 Å². The largest absolute Gasteiger partial charge is 0.380 e. The number of H-pyrrole nitrogens is 1. The van der Waals surface area contributed by atoms with E-state index in [-0.39, 0.29) is 0 Å². The Labute approximate surface area is 119 Å². The maximum Gasteiger partial charge on any atom is 0.140 e. The minimum absolute atomic E-state index is 0.572. The molecule has 0 saturated heterocycles. The molecule has 0 aliphatic heterocycles. The Kier molecular flexibility index (Phi) is 3.12. The topological polar surface area (TPSA) is 48.9 Å². The number of nitrogens with zero attached hydrogens (tertiary/aromatic N) is 1. The van der Waals surface area contributed by atoms with Gasteiger partial charge >= 0.3 is 0 Å². The van der Waals surface area contributed by atoms with Crippen molar-refractivity contribution in [2.75, 3.05) is 0 Å². The van der Waals surface area contributed by atoms with Gasteiger partial charge in [-0.3, -0.25) is 0 Å². The van der Waals surface area contributed by atoms with E-state index in [9.17, 15) is 5.11 Å². The molecule has 0 fully saturated rings. The molecule has 2 N–H and O–H groups in total. The van der Waals surface area contributed by atoms with Crippen LogP contribution in [0.5, 0.6) is 0 Å². The highest BCUT2D eigenvalue weighted by Gasteiger charge is 2.15. The summed E-state index contributed by atoms with van der Waals surface area (Å²) in [4.78, 5) is 7.69. The SMILES string of the molecule is Cc1cc(Br)cc2[nH]c(C(O)c3ccccc3)nc12. The number of aliphatic hydroxyl groups excluding tert-OH is 1. The molecule has 1 unspecified atom stereocenters. The second kappa shape index (κ2) is 4.79. The van der Waals surface area contributed by atoms with Gasteiger partial charge in [0.05, 0.1) is 11.0 Å². The normalized spacial score (nSPS) is 12.8. The number of halogens is 1. The minimum Gasteiger partial charge on any atom is -0.380 e. The van der Waals surface area contributed by atoms with Crippen LogP contribution >= 0.6 is 15.9 Å². The molecule has 3 rings (SSSR count). The number of rotatable bonds is 2. The molecule has 0 bridgehead atoms. The summed E-state index contributed by atoms with van der Waals surface area (Å²) in [5.41, 5.74) is 3.73. The molecule has 0 aliphatic rings. The molecule has 0 amide bonds. The van der Waals surface area contributed by atoms with E-state index in [4.69, 9.17) is 0 Å². The molecule has 0 spiro atoms. The molecular weight excluding hydrogens is 304 g/mol. The first kappa shape index (κ1) is 12.4. The highest BCUT2D eigenvalue weighted by atomic mass is 79.9. The van der Waals surface area contributed by atoms with Crippen LogP contribution in [0.15, 0.2) is 46.9 Å². The first-order chi connectivity index (χ1) is 9.15. The first-order valence-corrected chi connectivity index (χ1v) is 6.83. The minimum atomic E-state index is -0.730. The quantitative estimate of drug-likeness (QED) is 0.757. The smallest absolute Gasteiger partial charge is 0.140 e. The van der Waals surface area contributed by atoms with Gasteiger partial charge in [0.25, 0.3) is 0 Å². The van der Waals surface area contributed by atoms with Crippen LogP contribution in [0.25, 0.3) is 11.0 Å². The lowest BCUT2D eigenvalue weighted by molar-refractivity contribution is 0.211. The Morgan fingerprint density at radius 1 is 1.21 bits per heavy atom. The monoisotopic (exact) mass is 316 g/mol. The molecule has 1 atom stereocenters. The van der Waals surface area contributed by atoms with Crippen molar-refractivity contribution in [1.29, 1.82) is 0 Å². The fourth-order valence-corrected chi connectivity index (χ4v) is 2.76.